The number of hydrogen-bond acceptors (Lipinski definition) is 4. The Morgan fingerprint density at radius 3 is 2.25 bits per heavy atom. The van der Waals surface area contributed by atoms with Gasteiger partial charge in [0.1, 0.15) is 0 Å². The molecule has 1 amide bonds. The summed E-state index contributed by atoms with van der Waals surface area (Å²) in [6.07, 6.45) is 12.8. The standard InChI is InChI=1S/C47H64N2O3/c1-31(2)35-20-25-47(42(51)49-29-28-48-30-32-12-10-9-11-13-32)27-26-45(6)37(40(35)47)18-19-39-44(5)23-21-36(33-14-16-34(17-15-33)41(50)52-8)43(3,4)38(44)22-24-46(39,45)7/h9-17,21,35,37-40,48H,1,18-20,22-30H2,2-8H3,(H,49,51)/t35-,37+,38-,39+,40+,44-,45+,46+,47-/m0/s1. The molecule has 0 aromatic heterocycles. The lowest BCUT2D eigenvalue weighted by atomic mass is 9.32. The molecule has 4 saturated carbocycles. The molecule has 5 heteroatoms. The average molecular weight is 705 g/mol. The molecule has 5 aliphatic carbocycles. The summed E-state index contributed by atoms with van der Waals surface area (Å²) in [6.45, 7) is 22.0. The highest BCUT2D eigenvalue weighted by atomic mass is 16.5. The quantitative estimate of drug-likeness (QED) is 0.155. The molecule has 9 atom stereocenters. The molecule has 2 aromatic rings. The monoisotopic (exact) mass is 704 g/mol. The predicted molar refractivity (Wildman–Crippen MR) is 211 cm³/mol. The summed E-state index contributed by atoms with van der Waals surface area (Å²) in [7, 11) is 1.44. The number of methoxy groups -OCH3 is 1. The first-order valence-electron chi connectivity index (χ1n) is 20.3. The van der Waals surface area contributed by atoms with E-state index in [4.69, 9.17) is 4.74 Å². The van der Waals surface area contributed by atoms with Gasteiger partial charge in [0.2, 0.25) is 5.91 Å². The number of carbonyl (C=O) groups is 2. The van der Waals surface area contributed by atoms with E-state index < -0.39 is 0 Å². The number of amides is 1. The highest BCUT2D eigenvalue weighted by Crippen LogP contribution is 2.77. The lowest BCUT2D eigenvalue weighted by Crippen LogP contribution is -2.66. The van der Waals surface area contributed by atoms with Gasteiger partial charge in [-0.05, 0) is 145 Å². The van der Waals surface area contributed by atoms with E-state index >= 15 is 0 Å². The molecule has 2 aromatic carbocycles. The molecule has 5 nitrogen and oxygen atoms in total. The van der Waals surface area contributed by atoms with Gasteiger partial charge in [0.05, 0.1) is 18.1 Å². The fraction of sp³-hybridized carbons (Fsp3) is 0.617. The minimum atomic E-state index is -0.286. The summed E-state index contributed by atoms with van der Waals surface area (Å²) in [5.41, 5.74) is 6.15. The van der Waals surface area contributed by atoms with Crippen LogP contribution in [0.1, 0.15) is 121 Å². The van der Waals surface area contributed by atoms with Crippen molar-refractivity contribution in [2.24, 2.45) is 56.7 Å². The summed E-state index contributed by atoms with van der Waals surface area (Å²) >= 11 is 0. The molecule has 0 saturated heterocycles. The highest BCUT2D eigenvalue weighted by molar-refractivity contribution is 5.90. The number of nitrogens with one attached hydrogen (secondary N) is 2. The molecule has 0 aliphatic heterocycles. The van der Waals surface area contributed by atoms with E-state index in [1.165, 1.54) is 55.1 Å². The van der Waals surface area contributed by atoms with Gasteiger partial charge < -0.3 is 15.4 Å². The molecule has 0 bridgehead atoms. The third-order valence-electron chi connectivity index (χ3n) is 16.5. The van der Waals surface area contributed by atoms with Crippen LogP contribution in [-0.2, 0) is 16.1 Å². The Labute approximate surface area is 313 Å². The summed E-state index contributed by atoms with van der Waals surface area (Å²) < 4.78 is 4.97. The van der Waals surface area contributed by atoms with Crippen LogP contribution < -0.4 is 10.6 Å². The van der Waals surface area contributed by atoms with Gasteiger partial charge in [-0.3, -0.25) is 4.79 Å². The van der Waals surface area contributed by atoms with Crippen LogP contribution in [0.2, 0.25) is 0 Å². The van der Waals surface area contributed by atoms with Crippen LogP contribution in [0.4, 0.5) is 0 Å². The maximum atomic E-state index is 14.5. The van der Waals surface area contributed by atoms with E-state index in [2.05, 4.69) is 101 Å². The Kier molecular flexibility index (Phi) is 9.71. The van der Waals surface area contributed by atoms with E-state index in [9.17, 15) is 9.59 Å². The van der Waals surface area contributed by atoms with Crippen molar-refractivity contribution in [1.82, 2.24) is 10.6 Å². The number of rotatable bonds is 9. The smallest absolute Gasteiger partial charge is 0.337 e. The molecule has 2 N–H and O–H groups in total. The van der Waals surface area contributed by atoms with Gasteiger partial charge in [0.25, 0.3) is 0 Å². The number of benzene rings is 2. The largest absolute Gasteiger partial charge is 0.465 e. The van der Waals surface area contributed by atoms with Crippen molar-refractivity contribution in [3.63, 3.8) is 0 Å². The molecular formula is C47H64N2O3. The van der Waals surface area contributed by atoms with Crippen molar-refractivity contribution >= 4 is 17.4 Å². The number of esters is 1. The second-order valence-corrected chi connectivity index (χ2v) is 18.9. The van der Waals surface area contributed by atoms with Crippen LogP contribution in [0.15, 0.2) is 72.8 Å². The zero-order valence-corrected chi connectivity index (χ0v) is 33.1. The fourth-order valence-corrected chi connectivity index (χ4v) is 13.8. The van der Waals surface area contributed by atoms with Crippen molar-refractivity contribution in [1.29, 1.82) is 0 Å². The maximum absolute atomic E-state index is 14.5. The van der Waals surface area contributed by atoms with Crippen LogP contribution in [0.3, 0.4) is 0 Å². The Hall–Kier alpha value is -3.18. The molecule has 5 aliphatic rings. The Bertz CT molecular complexity index is 1710. The highest BCUT2D eigenvalue weighted by Gasteiger charge is 2.71. The number of carbonyl (C=O) groups excluding carboxylic acids is 2. The maximum Gasteiger partial charge on any atom is 0.337 e. The topological polar surface area (TPSA) is 67.4 Å². The number of hydrogen-bond donors (Lipinski definition) is 2. The molecule has 7 rings (SSSR count). The first-order valence-corrected chi connectivity index (χ1v) is 20.3. The van der Waals surface area contributed by atoms with E-state index in [-0.39, 0.29) is 33.0 Å². The van der Waals surface area contributed by atoms with Gasteiger partial charge >= 0.3 is 5.97 Å². The molecular weight excluding hydrogens is 641 g/mol. The summed E-state index contributed by atoms with van der Waals surface area (Å²) in [4.78, 5) is 26.6. The third kappa shape index (κ3) is 5.66. The normalized spacial score (nSPS) is 37.4. The van der Waals surface area contributed by atoms with Gasteiger partial charge in [-0.2, -0.15) is 0 Å². The molecule has 0 heterocycles. The SMILES string of the molecule is C=C(C)[C@@H]1CC[C@]2(C(=O)NCCNCc3ccccc3)CC[C@]3(C)[C@H](CC[C@@H]4[C@@]5(C)CC=C(c6ccc(C(=O)OC)cc6)C(C)(C)[C@@H]5CC[C@]43C)[C@@H]12. The first kappa shape index (κ1) is 37.1. The van der Waals surface area contributed by atoms with Gasteiger partial charge in [-0.1, -0.05) is 95.3 Å². The predicted octanol–water partition coefficient (Wildman–Crippen LogP) is 10.0. The number of ether oxygens (including phenoxy) is 1. The van der Waals surface area contributed by atoms with Crippen molar-refractivity contribution in [2.45, 2.75) is 106 Å². The molecule has 4 fully saturated rings. The minimum absolute atomic E-state index is 0.0190. The summed E-state index contributed by atoms with van der Waals surface area (Å²) in [5.74, 6) is 2.56. The van der Waals surface area contributed by atoms with Gasteiger partial charge in [0.15, 0.2) is 0 Å². The van der Waals surface area contributed by atoms with Gasteiger partial charge in [-0.15, -0.1) is 0 Å². The van der Waals surface area contributed by atoms with Crippen molar-refractivity contribution in [3.8, 4) is 0 Å². The average Bonchev–Trinajstić information content (AvgIpc) is 3.53. The fourth-order valence-electron chi connectivity index (χ4n) is 13.8. The molecule has 0 spiro atoms. The van der Waals surface area contributed by atoms with Crippen molar-refractivity contribution in [3.05, 3.63) is 89.5 Å². The summed E-state index contributed by atoms with van der Waals surface area (Å²) in [5, 5.41) is 6.99. The Balaban J connectivity index is 1.12. The number of fused-ring (bicyclic) bond motifs is 7. The first-order chi connectivity index (χ1) is 24.7. The van der Waals surface area contributed by atoms with Gasteiger partial charge in [0, 0.05) is 19.6 Å². The molecule has 0 radical (unpaired) electrons. The van der Waals surface area contributed by atoms with E-state index in [0.717, 1.165) is 45.2 Å². The van der Waals surface area contributed by atoms with E-state index in [1.807, 2.05) is 18.2 Å². The molecule has 280 valence electrons. The van der Waals surface area contributed by atoms with Crippen molar-refractivity contribution < 1.29 is 14.3 Å². The lowest BCUT2D eigenvalue weighted by Gasteiger charge is -2.72. The zero-order valence-electron chi connectivity index (χ0n) is 33.1. The van der Waals surface area contributed by atoms with Crippen LogP contribution in [0.5, 0.6) is 0 Å². The number of allylic oxidation sites excluding steroid dienone is 3. The van der Waals surface area contributed by atoms with Crippen molar-refractivity contribution in [2.75, 3.05) is 20.2 Å². The minimum Gasteiger partial charge on any atom is -0.465 e. The summed E-state index contributed by atoms with van der Waals surface area (Å²) in [6, 6.07) is 18.6. The molecule has 52 heavy (non-hydrogen) atoms. The Morgan fingerprint density at radius 2 is 1.56 bits per heavy atom. The molecule has 0 unspecified atom stereocenters. The Morgan fingerprint density at radius 1 is 0.827 bits per heavy atom. The second-order valence-electron chi connectivity index (χ2n) is 18.9. The van der Waals surface area contributed by atoms with E-state index in [0.29, 0.717) is 47.6 Å². The van der Waals surface area contributed by atoms with Crippen LogP contribution >= 0.6 is 0 Å². The van der Waals surface area contributed by atoms with E-state index in [1.54, 1.807) is 0 Å². The lowest BCUT2D eigenvalue weighted by molar-refractivity contribution is -0.225. The second kappa shape index (κ2) is 13.6. The van der Waals surface area contributed by atoms with Crippen LogP contribution in [0, 0.1) is 56.7 Å². The zero-order chi connectivity index (χ0) is 37.1. The van der Waals surface area contributed by atoms with Crippen LogP contribution in [-0.4, -0.2) is 32.1 Å². The third-order valence-corrected chi connectivity index (χ3v) is 16.5. The van der Waals surface area contributed by atoms with Gasteiger partial charge in [-0.25, -0.2) is 4.79 Å². The van der Waals surface area contributed by atoms with Crippen LogP contribution in [0.25, 0.3) is 5.57 Å².